The average Bonchev–Trinajstić information content (AvgIpc) is 2.18. The third-order valence-corrected chi connectivity index (χ3v) is 2.05. The molecule has 1 unspecified atom stereocenters. The van der Waals surface area contributed by atoms with E-state index in [2.05, 4.69) is 35.5 Å². The second-order valence-corrected chi connectivity index (χ2v) is 3.17. The van der Waals surface area contributed by atoms with Crippen LogP contribution < -0.4 is 10.6 Å². The van der Waals surface area contributed by atoms with Gasteiger partial charge in [0.05, 0.1) is 23.8 Å². The van der Waals surface area contributed by atoms with E-state index in [-0.39, 0.29) is 0 Å². The number of aromatic nitrogens is 1. The van der Waals surface area contributed by atoms with Crippen molar-refractivity contribution in [1.29, 1.82) is 0 Å². The van der Waals surface area contributed by atoms with Crippen molar-refractivity contribution >= 4 is 11.4 Å². The molecule has 0 saturated heterocycles. The van der Waals surface area contributed by atoms with Crippen LogP contribution in [0, 0.1) is 0 Å². The molecule has 0 aliphatic carbocycles. The molecule has 3 nitrogen and oxygen atoms in total. The van der Waals surface area contributed by atoms with Gasteiger partial charge in [-0.25, -0.2) is 0 Å². The molecule has 0 aliphatic heterocycles. The minimum atomic E-state index is 0.494. The standard InChI is InChI=1S/C10H17N3/c1-4-8(2)13-10-5-9(11-3)6-12-7-10/h5-8,11,13H,4H2,1-3H3. The molecule has 0 amide bonds. The molecule has 72 valence electrons. The summed E-state index contributed by atoms with van der Waals surface area (Å²) < 4.78 is 0. The van der Waals surface area contributed by atoms with Gasteiger partial charge in [-0.3, -0.25) is 4.98 Å². The van der Waals surface area contributed by atoms with Crippen molar-refractivity contribution in [3.63, 3.8) is 0 Å². The predicted octanol–water partition coefficient (Wildman–Crippen LogP) is 2.33. The van der Waals surface area contributed by atoms with E-state index in [0.29, 0.717) is 6.04 Å². The molecule has 0 spiro atoms. The van der Waals surface area contributed by atoms with Gasteiger partial charge in [-0.1, -0.05) is 6.92 Å². The minimum absolute atomic E-state index is 0.494. The van der Waals surface area contributed by atoms with E-state index in [0.717, 1.165) is 17.8 Å². The van der Waals surface area contributed by atoms with Crippen LogP contribution in [0.3, 0.4) is 0 Å². The summed E-state index contributed by atoms with van der Waals surface area (Å²) in [5, 5.41) is 6.42. The van der Waals surface area contributed by atoms with Crippen molar-refractivity contribution in [2.24, 2.45) is 0 Å². The lowest BCUT2D eigenvalue weighted by molar-refractivity contribution is 0.763. The van der Waals surface area contributed by atoms with Gasteiger partial charge in [-0.15, -0.1) is 0 Å². The molecule has 1 heterocycles. The lowest BCUT2D eigenvalue weighted by Gasteiger charge is -2.13. The molecule has 0 bridgehead atoms. The Labute approximate surface area is 79.6 Å². The van der Waals surface area contributed by atoms with Crippen molar-refractivity contribution < 1.29 is 0 Å². The van der Waals surface area contributed by atoms with E-state index in [1.165, 1.54) is 0 Å². The third kappa shape index (κ3) is 2.93. The number of nitrogens with zero attached hydrogens (tertiary/aromatic N) is 1. The summed E-state index contributed by atoms with van der Waals surface area (Å²) in [4.78, 5) is 4.12. The van der Waals surface area contributed by atoms with Gasteiger partial charge in [0.1, 0.15) is 0 Å². The number of pyridine rings is 1. The van der Waals surface area contributed by atoms with Crippen molar-refractivity contribution in [3.8, 4) is 0 Å². The zero-order valence-electron chi connectivity index (χ0n) is 8.46. The molecule has 1 atom stereocenters. The zero-order valence-corrected chi connectivity index (χ0v) is 8.46. The lowest BCUT2D eigenvalue weighted by Crippen LogP contribution is -2.13. The molecule has 0 aliphatic rings. The summed E-state index contributed by atoms with van der Waals surface area (Å²) in [5.41, 5.74) is 2.11. The second-order valence-electron chi connectivity index (χ2n) is 3.17. The number of anilines is 2. The molecule has 0 saturated carbocycles. The Balaban J connectivity index is 2.66. The zero-order chi connectivity index (χ0) is 9.68. The first kappa shape index (κ1) is 9.84. The maximum absolute atomic E-state index is 4.12. The Morgan fingerprint density at radius 1 is 1.38 bits per heavy atom. The largest absolute Gasteiger partial charge is 0.387 e. The number of nitrogens with one attached hydrogen (secondary N) is 2. The van der Waals surface area contributed by atoms with E-state index in [1.54, 1.807) is 0 Å². The first-order valence-corrected chi connectivity index (χ1v) is 4.65. The van der Waals surface area contributed by atoms with Crippen LogP contribution in [-0.4, -0.2) is 18.1 Å². The average molecular weight is 179 g/mol. The summed E-state index contributed by atoms with van der Waals surface area (Å²) in [5.74, 6) is 0. The quantitative estimate of drug-likeness (QED) is 0.745. The summed E-state index contributed by atoms with van der Waals surface area (Å²) >= 11 is 0. The summed E-state index contributed by atoms with van der Waals surface area (Å²) in [6, 6.07) is 2.55. The van der Waals surface area contributed by atoms with E-state index < -0.39 is 0 Å². The number of hydrogen-bond acceptors (Lipinski definition) is 3. The van der Waals surface area contributed by atoms with Gasteiger partial charge in [-0.05, 0) is 19.4 Å². The molecule has 3 heteroatoms. The SMILES string of the molecule is CCC(C)Nc1cncc(NC)c1. The van der Waals surface area contributed by atoms with Gasteiger partial charge in [0, 0.05) is 13.1 Å². The Kier molecular flexibility index (Phi) is 3.55. The van der Waals surface area contributed by atoms with Crippen LogP contribution in [0.2, 0.25) is 0 Å². The highest BCUT2D eigenvalue weighted by Crippen LogP contribution is 2.13. The first-order chi connectivity index (χ1) is 6.26. The van der Waals surface area contributed by atoms with E-state index in [4.69, 9.17) is 0 Å². The highest BCUT2D eigenvalue weighted by Gasteiger charge is 1.99. The maximum Gasteiger partial charge on any atom is 0.0549 e. The normalized spacial score (nSPS) is 12.2. The molecule has 13 heavy (non-hydrogen) atoms. The van der Waals surface area contributed by atoms with Crippen molar-refractivity contribution in [1.82, 2.24) is 4.98 Å². The summed E-state index contributed by atoms with van der Waals surface area (Å²) in [6.45, 7) is 4.32. The predicted molar refractivity (Wildman–Crippen MR) is 57.2 cm³/mol. The van der Waals surface area contributed by atoms with Gasteiger partial charge < -0.3 is 10.6 Å². The van der Waals surface area contributed by atoms with Gasteiger partial charge in [0.2, 0.25) is 0 Å². The van der Waals surface area contributed by atoms with Gasteiger partial charge in [-0.2, -0.15) is 0 Å². The van der Waals surface area contributed by atoms with E-state index in [1.807, 2.05) is 19.4 Å². The molecular formula is C10H17N3. The monoisotopic (exact) mass is 179 g/mol. The number of rotatable bonds is 4. The smallest absolute Gasteiger partial charge is 0.0549 e. The van der Waals surface area contributed by atoms with Crippen LogP contribution in [0.25, 0.3) is 0 Å². The molecule has 0 radical (unpaired) electrons. The van der Waals surface area contributed by atoms with E-state index >= 15 is 0 Å². The molecular weight excluding hydrogens is 162 g/mol. The Morgan fingerprint density at radius 2 is 2.08 bits per heavy atom. The Morgan fingerprint density at radius 3 is 2.69 bits per heavy atom. The molecule has 1 aromatic rings. The second kappa shape index (κ2) is 4.70. The van der Waals surface area contributed by atoms with Crippen molar-refractivity contribution in [3.05, 3.63) is 18.5 Å². The number of hydrogen-bond donors (Lipinski definition) is 2. The minimum Gasteiger partial charge on any atom is -0.387 e. The van der Waals surface area contributed by atoms with Crippen LogP contribution in [0.15, 0.2) is 18.5 Å². The van der Waals surface area contributed by atoms with Crippen LogP contribution in [0.1, 0.15) is 20.3 Å². The fraction of sp³-hybridized carbons (Fsp3) is 0.500. The fourth-order valence-corrected chi connectivity index (χ4v) is 1.04. The molecule has 0 aromatic carbocycles. The van der Waals surface area contributed by atoms with Crippen LogP contribution >= 0.6 is 0 Å². The van der Waals surface area contributed by atoms with Gasteiger partial charge >= 0.3 is 0 Å². The van der Waals surface area contributed by atoms with Crippen molar-refractivity contribution in [2.45, 2.75) is 26.3 Å². The van der Waals surface area contributed by atoms with E-state index in [9.17, 15) is 0 Å². The first-order valence-electron chi connectivity index (χ1n) is 4.65. The van der Waals surface area contributed by atoms with Crippen molar-refractivity contribution in [2.75, 3.05) is 17.7 Å². The third-order valence-electron chi connectivity index (χ3n) is 2.05. The Bertz CT molecular complexity index is 260. The highest BCUT2D eigenvalue weighted by atomic mass is 14.9. The topological polar surface area (TPSA) is 37.0 Å². The van der Waals surface area contributed by atoms with Crippen LogP contribution in [-0.2, 0) is 0 Å². The highest BCUT2D eigenvalue weighted by molar-refractivity contribution is 5.53. The van der Waals surface area contributed by atoms with Crippen LogP contribution in [0.5, 0.6) is 0 Å². The van der Waals surface area contributed by atoms with Crippen LogP contribution in [0.4, 0.5) is 11.4 Å². The lowest BCUT2D eigenvalue weighted by atomic mass is 10.2. The van der Waals surface area contributed by atoms with Gasteiger partial charge in [0.25, 0.3) is 0 Å². The maximum atomic E-state index is 4.12. The molecule has 1 rings (SSSR count). The fourth-order valence-electron chi connectivity index (χ4n) is 1.04. The molecule has 1 aromatic heterocycles. The molecule has 2 N–H and O–H groups in total. The summed E-state index contributed by atoms with van der Waals surface area (Å²) in [7, 11) is 1.89. The molecule has 0 fully saturated rings. The van der Waals surface area contributed by atoms with Gasteiger partial charge in [0.15, 0.2) is 0 Å². The Hall–Kier alpha value is -1.25. The summed E-state index contributed by atoms with van der Waals surface area (Å²) in [6.07, 6.45) is 4.76.